The Morgan fingerprint density at radius 2 is 1.92 bits per heavy atom. The molecule has 62 valence electrons. The SMILES string of the molecule is Cn1ncc2cc(F)c(F)cc21. The maximum Gasteiger partial charge on any atom is 0.161 e. The zero-order valence-electron chi connectivity index (χ0n) is 6.38. The van der Waals surface area contributed by atoms with Gasteiger partial charge in [0.25, 0.3) is 0 Å². The fourth-order valence-electron chi connectivity index (χ4n) is 1.15. The first-order chi connectivity index (χ1) is 5.68. The molecule has 0 N–H and O–H groups in total. The molecule has 0 fully saturated rings. The summed E-state index contributed by atoms with van der Waals surface area (Å²) < 4.78 is 26.8. The van der Waals surface area contributed by atoms with Crippen LogP contribution in [0.4, 0.5) is 8.78 Å². The minimum atomic E-state index is -0.842. The van der Waals surface area contributed by atoms with E-state index in [1.165, 1.54) is 10.9 Å². The van der Waals surface area contributed by atoms with E-state index in [0.29, 0.717) is 10.9 Å². The zero-order valence-corrected chi connectivity index (χ0v) is 6.38. The number of hydrogen-bond donors (Lipinski definition) is 0. The molecule has 2 nitrogen and oxygen atoms in total. The van der Waals surface area contributed by atoms with Gasteiger partial charge in [-0.3, -0.25) is 4.68 Å². The second kappa shape index (κ2) is 2.27. The molecule has 0 spiro atoms. The Labute approximate surface area is 67.4 Å². The van der Waals surface area contributed by atoms with Crippen molar-refractivity contribution >= 4 is 10.9 Å². The van der Waals surface area contributed by atoms with Crippen LogP contribution in [0.25, 0.3) is 10.9 Å². The predicted molar refractivity (Wildman–Crippen MR) is 40.6 cm³/mol. The number of nitrogens with zero attached hydrogens (tertiary/aromatic N) is 2. The summed E-state index contributed by atoms with van der Waals surface area (Å²) in [5.41, 5.74) is 0.592. The van der Waals surface area contributed by atoms with Gasteiger partial charge in [-0.05, 0) is 6.07 Å². The largest absolute Gasteiger partial charge is 0.268 e. The number of hydrogen-bond acceptors (Lipinski definition) is 1. The van der Waals surface area contributed by atoms with E-state index in [2.05, 4.69) is 5.10 Å². The fraction of sp³-hybridized carbons (Fsp3) is 0.125. The summed E-state index contributed by atoms with van der Waals surface area (Å²) in [6, 6.07) is 2.27. The van der Waals surface area contributed by atoms with Gasteiger partial charge in [0, 0.05) is 18.5 Å². The third-order valence-corrected chi connectivity index (χ3v) is 1.79. The molecule has 0 saturated carbocycles. The lowest BCUT2D eigenvalue weighted by atomic mass is 10.2. The second-order valence-corrected chi connectivity index (χ2v) is 2.59. The van der Waals surface area contributed by atoms with Crippen LogP contribution in [0.5, 0.6) is 0 Å². The normalized spacial score (nSPS) is 10.9. The maximum absolute atomic E-state index is 12.7. The van der Waals surface area contributed by atoms with Crippen molar-refractivity contribution in [1.29, 1.82) is 0 Å². The number of benzene rings is 1. The van der Waals surface area contributed by atoms with E-state index in [-0.39, 0.29) is 0 Å². The van der Waals surface area contributed by atoms with Gasteiger partial charge in [0.15, 0.2) is 11.6 Å². The summed E-state index contributed by atoms with van der Waals surface area (Å²) >= 11 is 0. The van der Waals surface area contributed by atoms with E-state index >= 15 is 0 Å². The zero-order chi connectivity index (χ0) is 8.72. The van der Waals surface area contributed by atoms with Gasteiger partial charge in [0.05, 0.1) is 11.7 Å². The Kier molecular flexibility index (Phi) is 1.36. The molecule has 1 aromatic carbocycles. The van der Waals surface area contributed by atoms with Crippen LogP contribution in [0.3, 0.4) is 0 Å². The van der Waals surface area contributed by atoms with Gasteiger partial charge in [-0.1, -0.05) is 0 Å². The molecule has 4 heteroatoms. The fourth-order valence-corrected chi connectivity index (χ4v) is 1.15. The Bertz CT molecular complexity index is 434. The first-order valence-corrected chi connectivity index (χ1v) is 3.45. The minimum Gasteiger partial charge on any atom is -0.268 e. The van der Waals surface area contributed by atoms with Crippen molar-refractivity contribution in [1.82, 2.24) is 9.78 Å². The van der Waals surface area contributed by atoms with Crippen LogP contribution in [0, 0.1) is 11.6 Å². The van der Waals surface area contributed by atoms with Crippen molar-refractivity contribution in [3.63, 3.8) is 0 Å². The molecular weight excluding hydrogens is 162 g/mol. The molecule has 2 rings (SSSR count). The minimum absolute atomic E-state index is 0.592. The quantitative estimate of drug-likeness (QED) is 0.587. The third kappa shape index (κ3) is 0.879. The highest BCUT2D eigenvalue weighted by Crippen LogP contribution is 2.16. The number of rotatable bonds is 0. The lowest BCUT2D eigenvalue weighted by molar-refractivity contribution is 0.510. The standard InChI is InChI=1S/C8H6F2N2/c1-12-8-3-7(10)6(9)2-5(8)4-11-12/h2-4H,1H3. The van der Waals surface area contributed by atoms with E-state index in [4.69, 9.17) is 0 Å². The van der Waals surface area contributed by atoms with Crippen LogP contribution in [0.1, 0.15) is 0 Å². The summed E-state index contributed by atoms with van der Waals surface area (Å²) in [7, 11) is 1.68. The molecule has 1 heterocycles. The smallest absolute Gasteiger partial charge is 0.161 e. The van der Waals surface area contributed by atoms with E-state index in [0.717, 1.165) is 12.1 Å². The molecule has 0 aliphatic heterocycles. The molecule has 1 aromatic heterocycles. The topological polar surface area (TPSA) is 17.8 Å². The van der Waals surface area contributed by atoms with Crippen LogP contribution in [-0.4, -0.2) is 9.78 Å². The molecule has 0 saturated heterocycles. The summed E-state index contributed by atoms with van der Waals surface area (Å²) in [5.74, 6) is -1.68. The summed E-state index contributed by atoms with van der Waals surface area (Å²) in [6.45, 7) is 0. The van der Waals surface area contributed by atoms with Gasteiger partial charge in [0.2, 0.25) is 0 Å². The average molecular weight is 168 g/mol. The third-order valence-electron chi connectivity index (χ3n) is 1.79. The lowest BCUT2D eigenvalue weighted by Gasteiger charge is -1.94. The Morgan fingerprint density at radius 3 is 2.67 bits per heavy atom. The monoisotopic (exact) mass is 168 g/mol. The molecule has 0 amide bonds. The number of halogens is 2. The second-order valence-electron chi connectivity index (χ2n) is 2.59. The number of aryl methyl sites for hydroxylation is 1. The molecule has 0 bridgehead atoms. The van der Waals surface area contributed by atoms with Gasteiger partial charge < -0.3 is 0 Å². The lowest BCUT2D eigenvalue weighted by Crippen LogP contribution is -1.90. The molecule has 0 aliphatic rings. The summed E-state index contributed by atoms with van der Waals surface area (Å²) in [5, 5.41) is 4.47. The first kappa shape index (κ1) is 7.21. The van der Waals surface area contributed by atoms with E-state index in [1.54, 1.807) is 7.05 Å². The van der Waals surface area contributed by atoms with Crippen LogP contribution < -0.4 is 0 Å². The summed E-state index contributed by atoms with van der Waals surface area (Å²) in [4.78, 5) is 0. The summed E-state index contributed by atoms with van der Waals surface area (Å²) in [6.07, 6.45) is 1.50. The molecule has 12 heavy (non-hydrogen) atoms. The van der Waals surface area contributed by atoms with E-state index in [9.17, 15) is 8.78 Å². The van der Waals surface area contributed by atoms with Gasteiger partial charge in [-0.2, -0.15) is 5.10 Å². The van der Waals surface area contributed by atoms with Crippen molar-refractivity contribution in [3.8, 4) is 0 Å². The van der Waals surface area contributed by atoms with Gasteiger partial charge in [-0.25, -0.2) is 8.78 Å². The molecule has 0 unspecified atom stereocenters. The van der Waals surface area contributed by atoms with Crippen LogP contribution >= 0.6 is 0 Å². The van der Waals surface area contributed by atoms with E-state index < -0.39 is 11.6 Å². The van der Waals surface area contributed by atoms with Crippen LogP contribution in [0.2, 0.25) is 0 Å². The van der Waals surface area contributed by atoms with Crippen molar-refractivity contribution in [2.75, 3.05) is 0 Å². The van der Waals surface area contributed by atoms with E-state index in [1.807, 2.05) is 0 Å². The predicted octanol–water partition coefficient (Wildman–Crippen LogP) is 1.85. The van der Waals surface area contributed by atoms with Crippen molar-refractivity contribution in [2.24, 2.45) is 7.05 Å². The Hall–Kier alpha value is -1.45. The Morgan fingerprint density at radius 1 is 1.25 bits per heavy atom. The highest BCUT2D eigenvalue weighted by atomic mass is 19.2. The molecule has 0 aliphatic carbocycles. The number of aromatic nitrogens is 2. The average Bonchev–Trinajstić information content (AvgIpc) is 2.35. The van der Waals surface area contributed by atoms with Crippen molar-refractivity contribution in [2.45, 2.75) is 0 Å². The Balaban J connectivity index is 2.87. The van der Waals surface area contributed by atoms with Gasteiger partial charge in [0.1, 0.15) is 0 Å². The van der Waals surface area contributed by atoms with Crippen molar-refractivity contribution < 1.29 is 8.78 Å². The number of fused-ring (bicyclic) bond motifs is 1. The molecule has 0 atom stereocenters. The first-order valence-electron chi connectivity index (χ1n) is 3.45. The highest BCUT2D eigenvalue weighted by molar-refractivity contribution is 5.78. The van der Waals surface area contributed by atoms with Crippen LogP contribution in [-0.2, 0) is 7.05 Å². The molecular formula is C8H6F2N2. The maximum atomic E-state index is 12.7. The van der Waals surface area contributed by atoms with Gasteiger partial charge in [-0.15, -0.1) is 0 Å². The molecule has 2 aromatic rings. The van der Waals surface area contributed by atoms with Crippen LogP contribution in [0.15, 0.2) is 18.3 Å². The highest BCUT2D eigenvalue weighted by Gasteiger charge is 2.06. The molecule has 0 radical (unpaired) electrons. The van der Waals surface area contributed by atoms with Gasteiger partial charge >= 0.3 is 0 Å². The van der Waals surface area contributed by atoms with Crippen molar-refractivity contribution in [3.05, 3.63) is 30.0 Å².